The van der Waals surface area contributed by atoms with E-state index < -0.39 is 10.8 Å². The van der Waals surface area contributed by atoms with Crippen LogP contribution in [0.25, 0.3) is 11.2 Å². The largest absolute Gasteiger partial charge is 0.486 e. The van der Waals surface area contributed by atoms with Crippen LogP contribution in [-0.4, -0.2) is 35.8 Å². The van der Waals surface area contributed by atoms with E-state index in [-0.39, 0.29) is 11.1 Å². The molecule has 0 spiro atoms. The van der Waals surface area contributed by atoms with E-state index >= 15 is 0 Å². The fourth-order valence-electron chi connectivity index (χ4n) is 6.27. The maximum absolute atomic E-state index is 14.4. The van der Waals surface area contributed by atoms with Crippen LogP contribution >= 0.6 is 11.8 Å². The molecule has 7 rings (SSSR count). The summed E-state index contributed by atoms with van der Waals surface area (Å²) >= 11 is 1.09. The van der Waals surface area contributed by atoms with Crippen LogP contribution in [0.15, 0.2) is 128 Å². The van der Waals surface area contributed by atoms with E-state index in [0.717, 1.165) is 56.6 Å². The van der Waals surface area contributed by atoms with Crippen molar-refractivity contribution in [2.24, 2.45) is 7.05 Å². The molecule has 0 N–H and O–H groups in total. The van der Waals surface area contributed by atoms with Crippen LogP contribution in [0.2, 0.25) is 0 Å². The van der Waals surface area contributed by atoms with Gasteiger partial charge in [0.25, 0.3) is 5.24 Å². The topological polar surface area (TPSA) is 77.3 Å². The summed E-state index contributed by atoms with van der Waals surface area (Å²) in [5, 5.41) is -0.829. The molecule has 1 aliphatic heterocycles. The average Bonchev–Trinajstić information content (AvgIpc) is 3.57. The van der Waals surface area contributed by atoms with Crippen LogP contribution < -0.4 is 4.74 Å². The number of thioether (sulfide) groups is 1. The third-order valence-electron chi connectivity index (χ3n) is 8.60. The van der Waals surface area contributed by atoms with E-state index in [1.807, 2.05) is 140 Å². The monoisotopic (exact) mass is 624 g/mol. The Kier molecular flexibility index (Phi) is 7.88. The molecule has 4 aromatic carbocycles. The molecule has 46 heavy (non-hydrogen) atoms. The Balaban J connectivity index is 1.15. The van der Waals surface area contributed by atoms with Gasteiger partial charge in [-0.25, -0.2) is 9.97 Å². The second-order valence-corrected chi connectivity index (χ2v) is 12.5. The molecule has 6 aromatic rings. The van der Waals surface area contributed by atoms with E-state index in [0.29, 0.717) is 18.8 Å². The highest BCUT2D eigenvalue weighted by molar-refractivity contribution is 8.15. The predicted octanol–water partition coefficient (Wildman–Crippen LogP) is 7.45. The van der Waals surface area contributed by atoms with E-state index in [2.05, 4.69) is 4.98 Å². The second-order valence-electron chi connectivity index (χ2n) is 11.4. The molecule has 1 saturated heterocycles. The molecule has 3 heterocycles. The van der Waals surface area contributed by atoms with Gasteiger partial charge in [-0.15, -0.1) is 0 Å². The van der Waals surface area contributed by atoms with Gasteiger partial charge in [-0.05, 0) is 59.4 Å². The fourth-order valence-corrected chi connectivity index (χ4v) is 7.33. The van der Waals surface area contributed by atoms with Crippen LogP contribution in [0.4, 0.5) is 4.79 Å². The van der Waals surface area contributed by atoms with Crippen molar-refractivity contribution < 1.29 is 14.3 Å². The number of aromatic nitrogens is 3. The first kappa shape index (κ1) is 29.5. The highest BCUT2D eigenvalue weighted by Gasteiger charge is 2.53. The summed E-state index contributed by atoms with van der Waals surface area (Å²) in [6.45, 7) is 2.32. The number of carbonyl (C=O) groups excluding carboxylic acids is 2. The van der Waals surface area contributed by atoms with Gasteiger partial charge in [0.2, 0.25) is 5.91 Å². The number of aryl methyl sites for hydroxylation is 2. The van der Waals surface area contributed by atoms with Crippen LogP contribution in [-0.2, 0) is 30.4 Å². The van der Waals surface area contributed by atoms with Crippen molar-refractivity contribution in [2.45, 2.75) is 30.7 Å². The molecule has 228 valence electrons. The van der Waals surface area contributed by atoms with Crippen molar-refractivity contribution in [2.75, 3.05) is 0 Å². The number of hydrogen-bond donors (Lipinski definition) is 0. The molecule has 8 heteroatoms. The summed E-state index contributed by atoms with van der Waals surface area (Å²) in [5.41, 5.74) is 5.14. The molecule has 1 unspecified atom stereocenters. The minimum atomic E-state index is -1.12. The third-order valence-corrected chi connectivity index (χ3v) is 9.63. The Bertz CT molecular complexity index is 1920. The number of amides is 2. The smallest absolute Gasteiger partial charge is 0.290 e. The van der Waals surface area contributed by atoms with Gasteiger partial charge < -0.3 is 9.30 Å². The number of carbonyl (C=O) groups is 2. The number of ether oxygens (including phenoxy) is 1. The lowest BCUT2D eigenvalue weighted by molar-refractivity contribution is -0.129. The third kappa shape index (κ3) is 5.14. The van der Waals surface area contributed by atoms with Crippen molar-refractivity contribution in [1.29, 1.82) is 0 Å². The molecule has 0 radical (unpaired) electrons. The zero-order chi connectivity index (χ0) is 31.7. The molecule has 2 amide bonds. The van der Waals surface area contributed by atoms with Crippen LogP contribution in [0.1, 0.15) is 33.6 Å². The number of fused-ring (bicyclic) bond motifs is 1. The van der Waals surface area contributed by atoms with Gasteiger partial charge in [-0.1, -0.05) is 115 Å². The fraction of sp³-hybridized carbons (Fsp3) is 0.158. The SMILES string of the molecule is Cc1ccnc2c1nc(COc1ccc(CC3SC(=O)N(C(c4ccccc4)(c4ccccc4)c4ccccc4)C3=O)cc1)n2C. The average molecular weight is 625 g/mol. The van der Waals surface area contributed by atoms with Crippen molar-refractivity contribution in [3.8, 4) is 5.75 Å². The van der Waals surface area contributed by atoms with Crippen molar-refractivity contribution >= 4 is 34.1 Å². The highest BCUT2D eigenvalue weighted by atomic mass is 32.2. The Morgan fingerprint density at radius 2 is 1.35 bits per heavy atom. The molecular weight excluding hydrogens is 593 g/mol. The molecule has 2 aromatic heterocycles. The number of rotatable bonds is 9. The molecular formula is C38H32N4O3S. The number of nitrogens with zero attached hydrogens (tertiary/aromatic N) is 4. The number of benzene rings is 4. The zero-order valence-corrected chi connectivity index (χ0v) is 26.4. The van der Waals surface area contributed by atoms with E-state index in [9.17, 15) is 9.59 Å². The summed E-state index contributed by atoms with van der Waals surface area (Å²) in [6, 6.07) is 39.1. The predicted molar refractivity (Wildman–Crippen MR) is 181 cm³/mol. The summed E-state index contributed by atoms with van der Waals surface area (Å²) in [5.74, 6) is 1.27. The lowest BCUT2D eigenvalue weighted by Crippen LogP contribution is -2.51. The summed E-state index contributed by atoms with van der Waals surface area (Å²) in [7, 11) is 1.94. The Hall–Kier alpha value is -5.21. The molecule has 0 aliphatic carbocycles. The first-order valence-electron chi connectivity index (χ1n) is 15.2. The van der Waals surface area contributed by atoms with Gasteiger partial charge in [0.1, 0.15) is 29.2 Å². The van der Waals surface area contributed by atoms with E-state index in [1.54, 1.807) is 6.20 Å². The minimum Gasteiger partial charge on any atom is -0.486 e. The maximum Gasteiger partial charge on any atom is 0.290 e. The van der Waals surface area contributed by atoms with E-state index in [1.165, 1.54) is 4.90 Å². The number of pyridine rings is 1. The summed E-state index contributed by atoms with van der Waals surface area (Å²) in [6.07, 6.45) is 2.20. The standard InChI is InChI=1S/C38H32N4O3S/c1-26-22-23-39-35-34(26)40-33(41(35)2)25-45-31-20-18-27(19-21-31)24-32-36(43)42(37(44)46-32)38(28-12-6-3-7-13-28,29-14-8-4-9-15-29)30-16-10-5-11-17-30/h3-23,32H,24-25H2,1-2H3. The quantitative estimate of drug-likeness (QED) is 0.156. The van der Waals surface area contributed by atoms with E-state index in [4.69, 9.17) is 9.72 Å². The first-order chi connectivity index (χ1) is 22.5. The van der Waals surface area contributed by atoms with Crippen molar-refractivity contribution in [1.82, 2.24) is 19.4 Å². The normalized spacial score (nSPS) is 15.1. The van der Waals surface area contributed by atoms with Gasteiger partial charge in [0.15, 0.2) is 5.65 Å². The highest BCUT2D eigenvalue weighted by Crippen LogP contribution is 2.47. The van der Waals surface area contributed by atoms with Gasteiger partial charge in [-0.2, -0.15) is 0 Å². The second kappa shape index (κ2) is 12.3. The zero-order valence-electron chi connectivity index (χ0n) is 25.5. The Morgan fingerprint density at radius 1 is 0.783 bits per heavy atom. The lowest BCUT2D eigenvalue weighted by Gasteiger charge is -2.42. The van der Waals surface area contributed by atoms with Crippen LogP contribution in [0.3, 0.4) is 0 Å². The number of imide groups is 1. The molecule has 1 atom stereocenters. The Labute approximate surface area is 271 Å². The van der Waals surface area contributed by atoms with Gasteiger partial charge in [-0.3, -0.25) is 14.5 Å². The number of hydrogen-bond acceptors (Lipinski definition) is 6. The maximum atomic E-state index is 14.4. The van der Waals surface area contributed by atoms with Gasteiger partial charge in [0, 0.05) is 13.2 Å². The van der Waals surface area contributed by atoms with Crippen molar-refractivity contribution in [3.63, 3.8) is 0 Å². The molecule has 7 nitrogen and oxygen atoms in total. The minimum absolute atomic E-state index is 0.211. The summed E-state index contributed by atoms with van der Waals surface area (Å²) < 4.78 is 8.02. The van der Waals surface area contributed by atoms with Gasteiger partial charge >= 0.3 is 0 Å². The van der Waals surface area contributed by atoms with Crippen LogP contribution in [0, 0.1) is 6.92 Å². The first-order valence-corrected chi connectivity index (χ1v) is 16.0. The molecule has 0 saturated carbocycles. The summed E-state index contributed by atoms with van der Waals surface area (Å²) in [4.78, 5) is 39.0. The molecule has 1 aliphatic rings. The lowest BCUT2D eigenvalue weighted by atomic mass is 9.75. The Morgan fingerprint density at radius 3 is 1.89 bits per heavy atom. The molecule has 0 bridgehead atoms. The van der Waals surface area contributed by atoms with Gasteiger partial charge in [0.05, 0.1) is 5.25 Å². The molecule has 1 fully saturated rings. The van der Waals surface area contributed by atoms with Crippen LogP contribution in [0.5, 0.6) is 5.75 Å². The number of imidazole rings is 1. The van der Waals surface area contributed by atoms with Crippen molar-refractivity contribution in [3.05, 3.63) is 161 Å².